The molecule has 9 nitrogen and oxygen atoms in total. The first-order chi connectivity index (χ1) is 23.3. The van der Waals surface area contributed by atoms with Gasteiger partial charge in [-0.2, -0.15) is 0 Å². The zero-order chi connectivity index (χ0) is 33.2. The summed E-state index contributed by atoms with van der Waals surface area (Å²) in [7, 11) is 4.30. The van der Waals surface area contributed by atoms with Crippen LogP contribution in [0, 0.1) is 11.6 Å². The van der Waals surface area contributed by atoms with E-state index < -0.39 is 17.5 Å². The molecule has 3 aromatic carbocycles. The van der Waals surface area contributed by atoms with Crippen LogP contribution in [0.1, 0.15) is 23.2 Å². The maximum Gasteiger partial charge on any atom is 0.258 e. The molecule has 0 atom stereocenters. The molecule has 0 saturated carbocycles. The third-order valence-corrected chi connectivity index (χ3v) is 8.68. The normalized spacial score (nSPS) is 13.6. The van der Waals surface area contributed by atoms with Crippen LogP contribution in [0.2, 0.25) is 0 Å². The molecule has 0 bridgehead atoms. The lowest BCUT2D eigenvalue weighted by atomic mass is 10.0. The van der Waals surface area contributed by atoms with Gasteiger partial charge in [-0.1, -0.05) is 18.2 Å². The predicted molar refractivity (Wildman–Crippen MR) is 185 cm³/mol. The summed E-state index contributed by atoms with van der Waals surface area (Å²) in [5.74, 6) is -1.83. The fraction of sp³-hybridized carbons (Fsp3) is 0.189. The quantitative estimate of drug-likeness (QED) is 0.180. The summed E-state index contributed by atoms with van der Waals surface area (Å²) < 4.78 is 29.9. The second-order valence-electron chi connectivity index (χ2n) is 12.0. The summed E-state index contributed by atoms with van der Waals surface area (Å²) in [5.41, 5.74) is 5.49. The molecule has 7 rings (SSSR count). The van der Waals surface area contributed by atoms with Crippen molar-refractivity contribution in [3.05, 3.63) is 121 Å². The number of fused-ring (bicyclic) bond motifs is 1. The Morgan fingerprint density at radius 1 is 0.875 bits per heavy atom. The number of carbonyl (C=O) groups is 1. The highest BCUT2D eigenvalue weighted by Crippen LogP contribution is 2.34. The van der Waals surface area contributed by atoms with Crippen molar-refractivity contribution < 1.29 is 13.6 Å². The standard InChI is InChI=1S/C37H34F2N8O/c1-45(2)28-16-20-46(21-17-28)29-12-10-26(11-13-29)42-37-40-18-15-32(43-37)35-34(44-33-8-3-4-19-47(33)35)24-6-5-7-27(22-24)41-36(48)30-23-25(38)9-14-31(30)39/h3-15,18-19,22-23,28H,16-17,20-21H2,1-2H3,(H,41,48)(H,40,42,43). The average molecular weight is 645 g/mol. The number of anilines is 4. The van der Waals surface area contributed by atoms with Gasteiger partial charge in [0.1, 0.15) is 17.3 Å². The third-order valence-electron chi connectivity index (χ3n) is 8.68. The summed E-state index contributed by atoms with van der Waals surface area (Å²) in [4.78, 5) is 31.8. The lowest BCUT2D eigenvalue weighted by molar-refractivity contribution is 0.102. The molecule has 0 unspecified atom stereocenters. The second kappa shape index (κ2) is 13.2. The van der Waals surface area contributed by atoms with E-state index in [9.17, 15) is 13.6 Å². The van der Waals surface area contributed by atoms with Crippen molar-refractivity contribution in [3.63, 3.8) is 0 Å². The first kappa shape index (κ1) is 30.9. The van der Waals surface area contributed by atoms with Crippen LogP contribution in [0.4, 0.5) is 31.8 Å². The molecule has 11 heteroatoms. The molecule has 3 aromatic heterocycles. The van der Waals surface area contributed by atoms with E-state index >= 15 is 0 Å². The summed E-state index contributed by atoms with van der Waals surface area (Å²) in [6.07, 6.45) is 5.90. The number of amides is 1. The van der Waals surface area contributed by atoms with Gasteiger partial charge < -0.3 is 20.4 Å². The minimum atomic E-state index is -0.808. The first-order valence-electron chi connectivity index (χ1n) is 15.8. The smallest absolute Gasteiger partial charge is 0.258 e. The van der Waals surface area contributed by atoms with Crippen LogP contribution in [0.25, 0.3) is 28.3 Å². The number of piperidine rings is 1. The van der Waals surface area contributed by atoms with Gasteiger partial charge in [0.05, 0.1) is 22.6 Å². The molecule has 0 radical (unpaired) electrons. The Hall–Kier alpha value is -5.68. The van der Waals surface area contributed by atoms with Gasteiger partial charge in [0.15, 0.2) is 0 Å². The van der Waals surface area contributed by atoms with Crippen LogP contribution in [0.15, 0.2) is 103 Å². The molecule has 242 valence electrons. The molecule has 1 aliphatic rings. The van der Waals surface area contributed by atoms with Crippen molar-refractivity contribution in [3.8, 4) is 22.6 Å². The number of nitrogens with one attached hydrogen (secondary N) is 2. The summed E-state index contributed by atoms with van der Waals surface area (Å²) in [5, 5.41) is 6.01. The molecule has 1 aliphatic heterocycles. The van der Waals surface area contributed by atoms with Gasteiger partial charge in [0.25, 0.3) is 5.91 Å². The van der Waals surface area contributed by atoms with E-state index in [4.69, 9.17) is 9.97 Å². The van der Waals surface area contributed by atoms with Crippen molar-refractivity contribution in [1.29, 1.82) is 0 Å². The molecule has 1 amide bonds. The van der Waals surface area contributed by atoms with Crippen molar-refractivity contribution in [2.45, 2.75) is 18.9 Å². The molecule has 4 heterocycles. The maximum absolute atomic E-state index is 14.3. The number of carbonyl (C=O) groups excluding carboxylic acids is 1. The average Bonchev–Trinajstić information content (AvgIpc) is 3.50. The van der Waals surface area contributed by atoms with E-state index in [0.29, 0.717) is 40.3 Å². The van der Waals surface area contributed by atoms with Crippen LogP contribution in [-0.4, -0.2) is 63.4 Å². The van der Waals surface area contributed by atoms with Gasteiger partial charge in [0, 0.05) is 54.2 Å². The Balaban J connectivity index is 1.15. The third kappa shape index (κ3) is 6.45. The lowest BCUT2D eigenvalue weighted by Crippen LogP contribution is -2.41. The van der Waals surface area contributed by atoms with Gasteiger partial charge in [-0.15, -0.1) is 0 Å². The van der Waals surface area contributed by atoms with Crippen molar-refractivity contribution in [2.24, 2.45) is 0 Å². The maximum atomic E-state index is 14.3. The number of hydrogen-bond donors (Lipinski definition) is 2. The van der Waals surface area contributed by atoms with Crippen LogP contribution < -0.4 is 15.5 Å². The topological polar surface area (TPSA) is 90.7 Å². The summed E-state index contributed by atoms with van der Waals surface area (Å²) >= 11 is 0. The Kier molecular flexibility index (Phi) is 8.51. The number of hydrogen-bond acceptors (Lipinski definition) is 7. The van der Waals surface area contributed by atoms with Crippen LogP contribution in [-0.2, 0) is 0 Å². The Morgan fingerprint density at radius 2 is 1.69 bits per heavy atom. The monoisotopic (exact) mass is 644 g/mol. The number of imidazole rings is 1. The predicted octanol–water partition coefficient (Wildman–Crippen LogP) is 7.26. The number of benzene rings is 3. The number of aromatic nitrogens is 4. The molecule has 2 N–H and O–H groups in total. The molecule has 48 heavy (non-hydrogen) atoms. The van der Waals surface area contributed by atoms with E-state index in [2.05, 4.69) is 51.6 Å². The fourth-order valence-electron chi connectivity index (χ4n) is 6.13. The van der Waals surface area contributed by atoms with E-state index in [-0.39, 0.29) is 5.56 Å². The minimum Gasteiger partial charge on any atom is -0.371 e. The zero-order valence-electron chi connectivity index (χ0n) is 26.6. The van der Waals surface area contributed by atoms with Crippen LogP contribution in [0.3, 0.4) is 0 Å². The number of nitrogens with zero attached hydrogens (tertiary/aromatic N) is 6. The molecular formula is C37H34F2N8O. The first-order valence-corrected chi connectivity index (χ1v) is 15.8. The molecule has 1 saturated heterocycles. The van der Waals surface area contributed by atoms with Gasteiger partial charge in [-0.05, 0) is 99.7 Å². The Labute approximate surface area is 276 Å². The Bertz CT molecular complexity index is 2090. The highest BCUT2D eigenvalue weighted by atomic mass is 19.1. The molecule has 1 fully saturated rings. The van der Waals surface area contributed by atoms with Gasteiger partial charge in [0.2, 0.25) is 5.95 Å². The molecule has 0 spiro atoms. The van der Waals surface area contributed by atoms with Gasteiger partial charge in [-0.3, -0.25) is 9.20 Å². The summed E-state index contributed by atoms with van der Waals surface area (Å²) in [6.45, 7) is 2.06. The highest BCUT2D eigenvalue weighted by Gasteiger charge is 2.22. The Morgan fingerprint density at radius 3 is 2.48 bits per heavy atom. The molecular weight excluding hydrogens is 610 g/mol. The lowest BCUT2D eigenvalue weighted by Gasteiger charge is -2.36. The fourth-order valence-corrected chi connectivity index (χ4v) is 6.13. The van der Waals surface area contributed by atoms with Gasteiger partial charge in [-0.25, -0.2) is 23.7 Å². The van der Waals surface area contributed by atoms with Crippen LogP contribution in [0.5, 0.6) is 0 Å². The van der Waals surface area contributed by atoms with Crippen LogP contribution >= 0.6 is 0 Å². The van der Waals surface area contributed by atoms with Gasteiger partial charge >= 0.3 is 0 Å². The zero-order valence-corrected chi connectivity index (χ0v) is 26.6. The van der Waals surface area contributed by atoms with E-state index in [1.54, 1.807) is 24.4 Å². The minimum absolute atomic E-state index is 0.380. The van der Waals surface area contributed by atoms with E-state index in [0.717, 1.165) is 55.5 Å². The number of pyridine rings is 1. The number of rotatable bonds is 8. The van der Waals surface area contributed by atoms with E-state index in [1.807, 2.05) is 53.1 Å². The number of halogens is 2. The van der Waals surface area contributed by atoms with E-state index in [1.165, 1.54) is 5.69 Å². The molecule has 6 aromatic rings. The second-order valence-corrected chi connectivity index (χ2v) is 12.0. The van der Waals surface area contributed by atoms with Crippen molar-refractivity contribution in [2.75, 3.05) is 42.7 Å². The largest absolute Gasteiger partial charge is 0.371 e. The summed E-state index contributed by atoms with van der Waals surface area (Å²) in [6, 6.07) is 26.3. The molecule has 0 aliphatic carbocycles. The SMILES string of the molecule is CN(C)C1CCN(c2ccc(Nc3nccc(-c4c(-c5cccc(NC(=O)c6cc(F)ccc6F)c5)nc5ccccn45)n3)cc2)CC1. The van der Waals surface area contributed by atoms with Crippen molar-refractivity contribution >= 4 is 34.6 Å². The van der Waals surface area contributed by atoms with Crippen molar-refractivity contribution in [1.82, 2.24) is 24.3 Å². The highest BCUT2D eigenvalue weighted by molar-refractivity contribution is 6.04.